The molecule has 0 aromatic rings. The Labute approximate surface area is 76.8 Å². The Morgan fingerprint density at radius 3 is 1.85 bits per heavy atom. The number of carboxylic acid groups (broad SMARTS) is 1. The first-order chi connectivity index (χ1) is 5.96. The molecule has 0 saturated heterocycles. The van der Waals surface area contributed by atoms with Crippen molar-refractivity contribution in [3.05, 3.63) is 0 Å². The summed E-state index contributed by atoms with van der Waals surface area (Å²) in [7, 11) is 2.94. The number of azo groups is 2. The third-order valence-electron chi connectivity index (χ3n) is 1.65. The Morgan fingerprint density at radius 2 is 1.62 bits per heavy atom. The second-order valence-electron chi connectivity index (χ2n) is 3.03. The molecule has 0 aromatic carbocycles. The maximum atomic E-state index is 10.8. The van der Waals surface area contributed by atoms with Crippen molar-refractivity contribution in [1.29, 1.82) is 0 Å². The Kier molecular flexibility index (Phi) is 4.16. The standard InChI is InChI=1S/C7H14N4O2/c1-7(2,6(12)13)5(10-8-3)11-9-4/h5H,1-4H3,(H,12,13). The molecule has 0 spiro atoms. The monoisotopic (exact) mass is 186 g/mol. The molecule has 0 saturated carbocycles. The minimum Gasteiger partial charge on any atom is -0.481 e. The van der Waals surface area contributed by atoms with E-state index in [9.17, 15) is 4.79 Å². The van der Waals surface area contributed by atoms with Crippen LogP contribution < -0.4 is 0 Å². The lowest BCUT2D eigenvalue weighted by molar-refractivity contribution is -0.148. The van der Waals surface area contributed by atoms with Crippen molar-refractivity contribution < 1.29 is 9.90 Å². The Bertz CT molecular complexity index is 223. The first kappa shape index (κ1) is 11.7. The van der Waals surface area contributed by atoms with Gasteiger partial charge < -0.3 is 5.11 Å². The number of rotatable bonds is 4. The third kappa shape index (κ3) is 2.89. The molecule has 0 atom stereocenters. The molecule has 0 fully saturated rings. The second kappa shape index (κ2) is 4.64. The predicted octanol–water partition coefficient (Wildman–Crippen LogP) is 1.59. The Hall–Kier alpha value is -1.33. The SMILES string of the molecule is CN=NC(N=NC)C(C)(C)C(=O)O. The van der Waals surface area contributed by atoms with Gasteiger partial charge in [-0.25, -0.2) is 0 Å². The summed E-state index contributed by atoms with van der Waals surface area (Å²) < 4.78 is 0. The van der Waals surface area contributed by atoms with Crippen LogP contribution in [-0.4, -0.2) is 31.3 Å². The van der Waals surface area contributed by atoms with Crippen molar-refractivity contribution in [3.8, 4) is 0 Å². The van der Waals surface area contributed by atoms with Gasteiger partial charge in [-0.05, 0) is 13.8 Å². The summed E-state index contributed by atoms with van der Waals surface area (Å²) in [4.78, 5) is 10.8. The van der Waals surface area contributed by atoms with Gasteiger partial charge in [0.05, 0.1) is 0 Å². The van der Waals surface area contributed by atoms with Crippen LogP contribution >= 0.6 is 0 Å². The minimum atomic E-state index is -1.08. The van der Waals surface area contributed by atoms with E-state index in [1.807, 2.05) is 0 Å². The predicted molar refractivity (Wildman–Crippen MR) is 46.8 cm³/mol. The second-order valence-corrected chi connectivity index (χ2v) is 3.03. The lowest BCUT2D eigenvalue weighted by Crippen LogP contribution is -2.34. The number of carboxylic acids is 1. The molecule has 0 unspecified atom stereocenters. The fraction of sp³-hybridized carbons (Fsp3) is 0.857. The van der Waals surface area contributed by atoms with E-state index in [0.717, 1.165) is 0 Å². The minimum absolute atomic E-state index is 0.764. The summed E-state index contributed by atoms with van der Waals surface area (Å²) in [6.07, 6.45) is -0.764. The van der Waals surface area contributed by atoms with Crippen LogP contribution in [0.3, 0.4) is 0 Å². The lowest BCUT2D eigenvalue weighted by Gasteiger charge is -2.21. The van der Waals surface area contributed by atoms with Crippen molar-refractivity contribution in [1.82, 2.24) is 0 Å². The topological polar surface area (TPSA) is 86.7 Å². The first-order valence-corrected chi connectivity index (χ1v) is 3.78. The molecule has 0 heterocycles. The van der Waals surface area contributed by atoms with E-state index < -0.39 is 17.6 Å². The van der Waals surface area contributed by atoms with Crippen LogP contribution in [0.5, 0.6) is 0 Å². The molecule has 6 nitrogen and oxygen atoms in total. The van der Waals surface area contributed by atoms with Crippen molar-refractivity contribution in [2.45, 2.75) is 20.0 Å². The van der Waals surface area contributed by atoms with Gasteiger partial charge in [-0.15, -0.1) is 0 Å². The van der Waals surface area contributed by atoms with Crippen LogP contribution in [0, 0.1) is 5.41 Å². The highest BCUT2D eigenvalue weighted by Gasteiger charge is 2.37. The highest BCUT2D eigenvalue weighted by atomic mass is 16.4. The molecule has 0 aromatic heterocycles. The smallest absolute Gasteiger partial charge is 0.313 e. The Balaban J connectivity index is 4.82. The average Bonchev–Trinajstić information content (AvgIpc) is 2.03. The van der Waals surface area contributed by atoms with E-state index >= 15 is 0 Å². The van der Waals surface area contributed by atoms with Gasteiger partial charge >= 0.3 is 5.97 Å². The van der Waals surface area contributed by atoms with Crippen molar-refractivity contribution in [2.75, 3.05) is 14.1 Å². The molecule has 74 valence electrons. The zero-order chi connectivity index (χ0) is 10.5. The van der Waals surface area contributed by atoms with Crippen LogP contribution in [0.2, 0.25) is 0 Å². The van der Waals surface area contributed by atoms with Gasteiger partial charge in [-0.3, -0.25) is 4.79 Å². The van der Waals surface area contributed by atoms with Crippen molar-refractivity contribution in [3.63, 3.8) is 0 Å². The number of nitrogens with zero attached hydrogens (tertiary/aromatic N) is 4. The van der Waals surface area contributed by atoms with Gasteiger partial charge in [0.2, 0.25) is 0 Å². The summed E-state index contributed by atoms with van der Waals surface area (Å²) in [6.45, 7) is 3.06. The van der Waals surface area contributed by atoms with Crippen LogP contribution in [-0.2, 0) is 4.79 Å². The molecule has 13 heavy (non-hydrogen) atoms. The van der Waals surface area contributed by atoms with Gasteiger partial charge in [0, 0.05) is 14.1 Å². The third-order valence-corrected chi connectivity index (χ3v) is 1.65. The molecule has 0 aliphatic rings. The largest absolute Gasteiger partial charge is 0.481 e. The molecule has 0 aliphatic heterocycles. The quantitative estimate of drug-likeness (QED) is 0.676. The summed E-state index contributed by atoms with van der Waals surface area (Å²) in [5, 5.41) is 23.3. The number of hydrogen-bond donors (Lipinski definition) is 1. The lowest BCUT2D eigenvalue weighted by atomic mass is 9.90. The molecular weight excluding hydrogens is 172 g/mol. The molecular formula is C7H14N4O2. The molecule has 0 amide bonds. The van der Waals surface area contributed by atoms with Gasteiger partial charge in [0.1, 0.15) is 5.41 Å². The summed E-state index contributed by atoms with van der Waals surface area (Å²) in [5.74, 6) is -0.975. The highest BCUT2D eigenvalue weighted by molar-refractivity contribution is 5.74. The molecule has 0 rings (SSSR count). The van der Waals surface area contributed by atoms with E-state index in [4.69, 9.17) is 5.11 Å². The van der Waals surface area contributed by atoms with Crippen molar-refractivity contribution in [2.24, 2.45) is 25.9 Å². The molecule has 1 N–H and O–H groups in total. The molecule has 0 bridgehead atoms. The maximum Gasteiger partial charge on any atom is 0.313 e. The Morgan fingerprint density at radius 1 is 1.23 bits per heavy atom. The fourth-order valence-corrected chi connectivity index (χ4v) is 0.641. The fourth-order valence-electron chi connectivity index (χ4n) is 0.641. The summed E-state index contributed by atoms with van der Waals surface area (Å²) >= 11 is 0. The summed E-state index contributed by atoms with van der Waals surface area (Å²) in [5.41, 5.74) is -1.08. The number of hydrogen-bond acceptors (Lipinski definition) is 5. The number of carbonyl (C=O) groups is 1. The van der Waals surface area contributed by atoms with E-state index in [0.29, 0.717) is 0 Å². The average molecular weight is 186 g/mol. The van der Waals surface area contributed by atoms with Gasteiger partial charge in [-0.1, -0.05) is 0 Å². The number of aliphatic carboxylic acids is 1. The van der Waals surface area contributed by atoms with Gasteiger partial charge in [0.15, 0.2) is 6.17 Å². The zero-order valence-electron chi connectivity index (χ0n) is 8.22. The highest BCUT2D eigenvalue weighted by Crippen LogP contribution is 2.25. The molecule has 0 radical (unpaired) electrons. The van der Waals surface area contributed by atoms with Crippen LogP contribution in [0.1, 0.15) is 13.8 Å². The van der Waals surface area contributed by atoms with Crippen molar-refractivity contribution >= 4 is 5.97 Å². The van der Waals surface area contributed by atoms with Crippen LogP contribution in [0.4, 0.5) is 0 Å². The molecule has 6 heteroatoms. The normalized spacial score (nSPS) is 15.4. The summed E-state index contributed by atoms with van der Waals surface area (Å²) in [6, 6.07) is 0. The van der Waals surface area contributed by atoms with Crippen LogP contribution in [0.25, 0.3) is 0 Å². The van der Waals surface area contributed by atoms with Gasteiger partial charge in [0.25, 0.3) is 0 Å². The van der Waals surface area contributed by atoms with E-state index in [1.54, 1.807) is 0 Å². The first-order valence-electron chi connectivity index (χ1n) is 3.78. The maximum absolute atomic E-state index is 10.8. The van der Waals surface area contributed by atoms with E-state index in [-0.39, 0.29) is 0 Å². The molecule has 0 aliphatic carbocycles. The van der Waals surface area contributed by atoms with Gasteiger partial charge in [-0.2, -0.15) is 20.5 Å². The van der Waals surface area contributed by atoms with E-state index in [2.05, 4.69) is 20.5 Å². The van der Waals surface area contributed by atoms with E-state index in [1.165, 1.54) is 27.9 Å². The van der Waals surface area contributed by atoms with Crippen LogP contribution in [0.15, 0.2) is 20.5 Å². The zero-order valence-corrected chi connectivity index (χ0v) is 8.22.